The predicted molar refractivity (Wildman–Crippen MR) is 144 cm³/mol. The number of halogens is 2. The van der Waals surface area contributed by atoms with Gasteiger partial charge < -0.3 is 15.7 Å². The minimum atomic E-state index is -1.62. The Hall–Kier alpha value is -3.74. The minimum Gasteiger partial charge on any atom is -0.391 e. The van der Waals surface area contributed by atoms with Gasteiger partial charge in [0.25, 0.3) is 0 Å². The lowest BCUT2D eigenvalue weighted by molar-refractivity contribution is 0.116. The Bertz CT molecular complexity index is 1570. The van der Waals surface area contributed by atoms with Crippen molar-refractivity contribution in [3.05, 3.63) is 76.5 Å². The summed E-state index contributed by atoms with van der Waals surface area (Å²) < 4.78 is 25.1. The summed E-state index contributed by atoms with van der Waals surface area (Å²) in [4.78, 5) is 4.42. The van der Waals surface area contributed by atoms with Crippen LogP contribution in [-0.2, 0) is 0 Å². The molecule has 194 valence electrons. The highest BCUT2D eigenvalue weighted by Gasteiger charge is 2.28. The van der Waals surface area contributed by atoms with Gasteiger partial charge in [0.05, 0.1) is 53.6 Å². The standard InChI is InChI=1S/C28H27ClFN7O/c29-22-12-19(11-21-26(17(13-31)14-32-28(21)22)34-23-3-1-2-4-25(23)38)33-27(16-5-7-18(30)8-6-16)24-15-37(36-35-24)20-9-10-20/h5-8,11-12,14-15,20,23,25,27,33,38H,1-4,9-10H2,(H,32,34)/t23?,25-,27+/m0/s1/i27D. The Kier molecular flexibility index (Phi) is 6.27. The van der Waals surface area contributed by atoms with Gasteiger partial charge in [0, 0.05) is 17.3 Å². The Morgan fingerprint density at radius 2 is 1.97 bits per heavy atom. The Morgan fingerprint density at radius 3 is 2.71 bits per heavy atom. The molecule has 2 fully saturated rings. The van der Waals surface area contributed by atoms with Crippen molar-refractivity contribution in [2.75, 3.05) is 10.6 Å². The number of hydrogen-bond acceptors (Lipinski definition) is 7. The predicted octanol–water partition coefficient (Wildman–Crippen LogP) is 5.74. The molecule has 2 saturated carbocycles. The summed E-state index contributed by atoms with van der Waals surface area (Å²) in [6.07, 6.45) is 8.12. The van der Waals surface area contributed by atoms with E-state index < -0.39 is 17.9 Å². The van der Waals surface area contributed by atoms with Crippen molar-refractivity contribution in [1.29, 1.82) is 5.26 Å². The molecule has 0 bridgehead atoms. The number of fused-ring (bicyclic) bond motifs is 1. The largest absolute Gasteiger partial charge is 0.391 e. The molecule has 0 saturated heterocycles. The molecule has 2 aromatic heterocycles. The molecule has 0 radical (unpaired) electrons. The summed E-state index contributed by atoms with van der Waals surface area (Å²) >= 11 is 6.69. The summed E-state index contributed by atoms with van der Waals surface area (Å²) in [7, 11) is 0. The Morgan fingerprint density at radius 1 is 1.18 bits per heavy atom. The fourth-order valence-electron chi connectivity index (χ4n) is 4.99. The Labute approximate surface area is 225 Å². The summed E-state index contributed by atoms with van der Waals surface area (Å²) in [5, 5.41) is 36.5. The molecule has 4 aromatic rings. The third-order valence-electron chi connectivity index (χ3n) is 7.19. The first kappa shape index (κ1) is 23.4. The highest BCUT2D eigenvalue weighted by molar-refractivity contribution is 6.35. The maximum Gasteiger partial charge on any atom is 0.123 e. The quantitative estimate of drug-likeness (QED) is 0.278. The van der Waals surface area contributed by atoms with Crippen molar-refractivity contribution in [1.82, 2.24) is 20.0 Å². The Balaban J connectivity index is 1.45. The molecule has 3 atom stereocenters. The van der Waals surface area contributed by atoms with Gasteiger partial charge in [-0.3, -0.25) is 4.98 Å². The van der Waals surface area contributed by atoms with Crippen molar-refractivity contribution in [3.63, 3.8) is 0 Å². The van der Waals surface area contributed by atoms with Gasteiger partial charge in [0.1, 0.15) is 17.6 Å². The van der Waals surface area contributed by atoms with Crippen LogP contribution in [-0.4, -0.2) is 37.2 Å². The van der Waals surface area contributed by atoms with Gasteiger partial charge in [-0.05, 0) is 55.5 Å². The van der Waals surface area contributed by atoms with Crippen molar-refractivity contribution >= 4 is 33.9 Å². The zero-order chi connectivity index (χ0) is 27.1. The van der Waals surface area contributed by atoms with E-state index in [0.717, 1.165) is 32.1 Å². The van der Waals surface area contributed by atoms with Crippen LogP contribution in [0.15, 0.2) is 48.8 Å². The van der Waals surface area contributed by atoms with Crippen LogP contribution in [0.25, 0.3) is 10.9 Å². The molecule has 2 aromatic carbocycles. The minimum absolute atomic E-state index is 0.209. The van der Waals surface area contributed by atoms with Crippen molar-refractivity contribution < 1.29 is 10.9 Å². The van der Waals surface area contributed by atoms with Crippen LogP contribution < -0.4 is 10.6 Å². The SMILES string of the molecule is [2H][C@@](Nc1cc(Cl)c2ncc(C#N)c(NC3CCCC[C@@H]3O)c2c1)(c1ccc(F)cc1)c1cn(C2CC2)nn1. The van der Waals surface area contributed by atoms with Crippen LogP contribution in [0.1, 0.15) is 68.8 Å². The maximum atomic E-state index is 13.8. The van der Waals surface area contributed by atoms with E-state index in [4.69, 9.17) is 11.6 Å². The molecule has 3 N–H and O–H groups in total. The number of rotatable bonds is 7. The number of anilines is 2. The molecule has 0 spiro atoms. The normalized spacial score (nSPS) is 21.4. The van der Waals surface area contributed by atoms with Gasteiger partial charge in [-0.2, -0.15) is 5.26 Å². The second-order valence-electron chi connectivity index (χ2n) is 9.94. The fraction of sp³-hybridized carbons (Fsp3) is 0.357. The smallest absolute Gasteiger partial charge is 0.123 e. The molecule has 2 heterocycles. The molecule has 1 unspecified atom stereocenters. The molecule has 0 amide bonds. The first-order valence-corrected chi connectivity index (χ1v) is 13.2. The molecule has 2 aliphatic carbocycles. The van der Waals surface area contributed by atoms with Crippen LogP contribution in [0, 0.1) is 17.1 Å². The zero-order valence-corrected chi connectivity index (χ0v) is 21.3. The van der Waals surface area contributed by atoms with E-state index in [0.29, 0.717) is 50.5 Å². The molecule has 2 aliphatic rings. The number of aliphatic hydroxyl groups excluding tert-OH is 1. The lowest BCUT2D eigenvalue weighted by Crippen LogP contribution is -2.36. The van der Waals surface area contributed by atoms with E-state index in [1.54, 1.807) is 35.1 Å². The lowest BCUT2D eigenvalue weighted by atomic mass is 9.92. The summed E-state index contributed by atoms with van der Waals surface area (Å²) in [5.74, 6) is -0.410. The second-order valence-corrected chi connectivity index (χ2v) is 10.3. The monoisotopic (exact) mass is 532 g/mol. The number of nitriles is 1. The fourth-order valence-corrected chi connectivity index (χ4v) is 5.26. The van der Waals surface area contributed by atoms with Crippen LogP contribution in [0.3, 0.4) is 0 Å². The topological polar surface area (TPSA) is 112 Å². The number of nitrogens with zero attached hydrogens (tertiary/aromatic N) is 5. The van der Waals surface area contributed by atoms with Gasteiger partial charge in [-0.25, -0.2) is 9.07 Å². The van der Waals surface area contributed by atoms with Crippen molar-refractivity contribution in [2.45, 2.75) is 62.7 Å². The highest BCUT2D eigenvalue weighted by atomic mass is 35.5. The maximum absolute atomic E-state index is 13.8. The molecule has 6 rings (SSSR count). The van der Waals surface area contributed by atoms with E-state index in [1.807, 2.05) is 0 Å². The van der Waals surface area contributed by atoms with Crippen LogP contribution in [0.2, 0.25) is 5.02 Å². The highest BCUT2D eigenvalue weighted by Crippen LogP contribution is 2.38. The van der Waals surface area contributed by atoms with Crippen LogP contribution in [0.5, 0.6) is 0 Å². The van der Waals surface area contributed by atoms with Gasteiger partial charge in [-0.15, -0.1) is 5.10 Å². The van der Waals surface area contributed by atoms with E-state index >= 15 is 0 Å². The summed E-state index contributed by atoms with van der Waals surface area (Å²) in [6, 6.07) is 9.78. The molecule has 38 heavy (non-hydrogen) atoms. The zero-order valence-electron chi connectivity index (χ0n) is 21.5. The third kappa shape index (κ3) is 4.89. The first-order valence-electron chi connectivity index (χ1n) is 13.3. The van der Waals surface area contributed by atoms with E-state index in [1.165, 1.54) is 18.3 Å². The molecule has 0 aliphatic heterocycles. The van der Waals surface area contributed by atoms with Gasteiger partial charge in [0.2, 0.25) is 0 Å². The molecular weight excluding hydrogens is 505 g/mol. The number of aromatic nitrogens is 4. The van der Waals surface area contributed by atoms with E-state index in [9.17, 15) is 16.1 Å². The number of nitrogens with one attached hydrogen (secondary N) is 2. The number of aliphatic hydroxyl groups is 1. The van der Waals surface area contributed by atoms with E-state index in [-0.39, 0.29) is 12.1 Å². The van der Waals surface area contributed by atoms with Crippen molar-refractivity contribution in [2.24, 2.45) is 0 Å². The molecular formula is C28H27ClFN7O. The lowest BCUT2D eigenvalue weighted by Gasteiger charge is -2.30. The second kappa shape index (κ2) is 10.2. The van der Waals surface area contributed by atoms with Gasteiger partial charge in [0.15, 0.2) is 0 Å². The number of benzene rings is 2. The van der Waals surface area contributed by atoms with Crippen LogP contribution >= 0.6 is 11.6 Å². The van der Waals surface area contributed by atoms with Gasteiger partial charge in [-0.1, -0.05) is 41.8 Å². The van der Waals surface area contributed by atoms with Crippen LogP contribution in [0.4, 0.5) is 15.8 Å². The van der Waals surface area contributed by atoms with Gasteiger partial charge >= 0.3 is 0 Å². The molecule has 8 nitrogen and oxygen atoms in total. The first-order chi connectivity index (χ1) is 18.9. The average Bonchev–Trinajstić information content (AvgIpc) is 3.66. The van der Waals surface area contributed by atoms with Crippen molar-refractivity contribution in [3.8, 4) is 6.07 Å². The summed E-state index contributed by atoms with van der Waals surface area (Å²) in [5.41, 5.74) is 2.66. The third-order valence-corrected chi connectivity index (χ3v) is 7.48. The number of pyridine rings is 1. The average molecular weight is 533 g/mol. The molecule has 10 heteroatoms. The number of hydrogen-bond donors (Lipinski definition) is 3. The summed E-state index contributed by atoms with van der Waals surface area (Å²) in [6.45, 7) is 0. The van der Waals surface area contributed by atoms with E-state index in [2.05, 4.69) is 32.0 Å².